The largest absolute Gasteiger partial charge is 0.497 e. The number of nitrogens with one attached hydrogen (secondary N) is 2. The van der Waals surface area contributed by atoms with Crippen LogP contribution in [0.4, 0.5) is 21.0 Å². The van der Waals surface area contributed by atoms with E-state index in [9.17, 15) is 26.4 Å². The Balaban J connectivity index is 0.000000489. The Bertz CT molecular complexity index is 2230. The molecule has 0 aromatic heterocycles. The van der Waals surface area contributed by atoms with E-state index in [2.05, 4.69) is 58.0 Å². The van der Waals surface area contributed by atoms with Crippen molar-refractivity contribution < 1.29 is 64.0 Å². The van der Waals surface area contributed by atoms with E-state index in [0.29, 0.717) is 24.7 Å². The molecule has 0 atom stereocenters. The minimum absolute atomic E-state index is 0.0340. The lowest BCUT2D eigenvalue weighted by atomic mass is 10.3. The van der Waals surface area contributed by atoms with Gasteiger partial charge in [-0.1, -0.05) is 60.1 Å². The smallest absolute Gasteiger partial charge is 0.411 e. The lowest BCUT2D eigenvalue weighted by molar-refractivity contribution is 0.167. The first-order valence-electron chi connectivity index (χ1n) is 18.0. The van der Waals surface area contributed by atoms with E-state index in [1.807, 2.05) is 36.4 Å². The molecule has 328 valence electrons. The molecule has 0 radical (unpaired) electrons. The van der Waals surface area contributed by atoms with Crippen LogP contribution in [0.5, 0.6) is 11.5 Å². The summed E-state index contributed by atoms with van der Waals surface area (Å²) in [7, 11) is -4.98. The van der Waals surface area contributed by atoms with Crippen LogP contribution in [0.3, 0.4) is 0 Å². The number of hydrogen-bond acceptors (Lipinski definition) is 14. The molecule has 0 fully saturated rings. The number of ether oxygens (including phenoxy) is 4. The molecule has 62 heavy (non-hydrogen) atoms. The molecule has 4 rings (SSSR count). The van der Waals surface area contributed by atoms with Gasteiger partial charge < -0.3 is 29.2 Å². The molecule has 2 amide bonds. The van der Waals surface area contributed by atoms with Gasteiger partial charge >= 0.3 is 12.2 Å². The van der Waals surface area contributed by atoms with Gasteiger partial charge in [0.1, 0.15) is 37.9 Å². The molecule has 0 heterocycles. The summed E-state index contributed by atoms with van der Waals surface area (Å²) < 4.78 is 76.8. The highest BCUT2D eigenvalue weighted by atomic mass is 32.2. The summed E-state index contributed by atoms with van der Waals surface area (Å²) in [6.07, 6.45) is -0.826. The van der Waals surface area contributed by atoms with Crippen molar-refractivity contribution in [2.24, 2.45) is 0 Å². The molecule has 0 saturated carbocycles. The maximum Gasteiger partial charge on any atom is 0.411 e. The van der Waals surface area contributed by atoms with Gasteiger partial charge in [0.05, 0.1) is 37.2 Å². The van der Waals surface area contributed by atoms with E-state index >= 15 is 0 Å². The van der Waals surface area contributed by atoms with Crippen molar-refractivity contribution in [3.63, 3.8) is 0 Å². The third-order valence-corrected chi connectivity index (χ3v) is 9.05. The molecule has 0 aliphatic carbocycles. The SMILES string of the molecule is CCOC(=O)Nc1ccccc1.CCOC(=O)Nc1ccccc1.COc1ccc(S(=O)(=O)OCC#CC#CCOS(=O)(=O)c2ccc(OC)cc2)cc1.OCC#CC#CCO. The average Bonchev–Trinajstić information content (AvgIpc) is 3.27. The van der Waals surface area contributed by atoms with Crippen LogP contribution in [-0.4, -0.2) is 93.1 Å². The zero-order chi connectivity index (χ0) is 45.9. The molecule has 4 aromatic rings. The van der Waals surface area contributed by atoms with Crippen LogP contribution in [0.1, 0.15) is 13.8 Å². The molecule has 16 nitrogen and oxygen atoms in total. The van der Waals surface area contributed by atoms with Gasteiger partial charge in [0.25, 0.3) is 20.2 Å². The summed E-state index contributed by atoms with van der Waals surface area (Å²) in [4.78, 5) is 21.7. The number of aliphatic hydroxyl groups excluding tert-OH is 2. The summed E-state index contributed by atoms with van der Waals surface area (Å²) in [5.74, 6) is 19.8. The lowest BCUT2D eigenvalue weighted by Gasteiger charge is -2.04. The molecule has 0 spiro atoms. The molecule has 0 aliphatic rings. The highest BCUT2D eigenvalue weighted by Gasteiger charge is 2.15. The van der Waals surface area contributed by atoms with Gasteiger partial charge in [0.2, 0.25) is 0 Å². The van der Waals surface area contributed by atoms with Gasteiger partial charge in [-0.15, -0.1) is 0 Å². The molecular formula is C44H46N2O14S2. The van der Waals surface area contributed by atoms with Crippen molar-refractivity contribution in [3.05, 3.63) is 109 Å². The van der Waals surface area contributed by atoms with Crippen LogP contribution in [0.2, 0.25) is 0 Å². The fourth-order valence-corrected chi connectivity index (χ4v) is 5.42. The molecule has 0 aliphatic heterocycles. The predicted molar refractivity (Wildman–Crippen MR) is 232 cm³/mol. The summed E-state index contributed by atoms with van der Waals surface area (Å²) in [5, 5.41) is 21.3. The first kappa shape index (κ1) is 53.0. The number of rotatable bonds is 12. The topological polar surface area (TPSA) is 222 Å². The number of anilines is 2. The highest BCUT2D eigenvalue weighted by molar-refractivity contribution is 7.87. The predicted octanol–water partition coefficient (Wildman–Crippen LogP) is 5.31. The van der Waals surface area contributed by atoms with Crippen molar-refractivity contribution in [3.8, 4) is 58.9 Å². The minimum atomic E-state index is -3.96. The van der Waals surface area contributed by atoms with Crippen LogP contribution in [0.25, 0.3) is 0 Å². The fraction of sp³-hybridized carbons (Fsp3) is 0.227. The average molecular weight is 891 g/mol. The summed E-state index contributed by atoms with van der Waals surface area (Å²) in [6.45, 7) is 3.13. The van der Waals surface area contributed by atoms with Crippen molar-refractivity contribution in [2.75, 3.05) is 64.5 Å². The number of para-hydroxylation sites is 2. The van der Waals surface area contributed by atoms with Crippen molar-refractivity contribution in [2.45, 2.75) is 23.6 Å². The molecule has 0 saturated heterocycles. The minimum Gasteiger partial charge on any atom is -0.497 e. The van der Waals surface area contributed by atoms with Crippen molar-refractivity contribution >= 4 is 43.8 Å². The number of methoxy groups -OCH3 is 2. The van der Waals surface area contributed by atoms with Crippen LogP contribution in [0, 0.1) is 47.4 Å². The molecule has 4 aromatic carbocycles. The Morgan fingerprint density at radius 3 is 1.13 bits per heavy atom. The molecule has 0 bridgehead atoms. The highest BCUT2D eigenvalue weighted by Crippen LogP contribution is 2.18. The molecular weight excluding hydrogens is 845 g/mol. The normalized spacial score (nSPS) is 9.52. The van der Waals surface area contributed by atoms with E-state index < -0.39 is 45.6 Å². The number of aliphatic hydroxyl groups is 2. The zero-order valence-corrected chi connectivity index (χ0v) is 35.9. The molecule has 4 N–H and O–H groups in total. The molecule has 0 unspecified atom stereocenters. The lowest BCUT2D eigenvalue weighted by Crippen LogP contribution is -2.12. The second-order valence-corrected chi connectivity index (χ2v) is 14.0. The number of carbonyl (C=O) groups is 2. The van der Waals surface area contributed by atoms with Crippen LogP contribution in [0.15, 0.2) is 119 Å². The zero-order valence-electron chi connectivity index (χ0n) is 34.2. The van der Waals surface area contributed by atoms with Crippen LogP contribution in [-0.2, 0) is 38.1 Å². The second kappa shape index (κ2) is 31.9. The van der Waals surface area contributed by atoms with Crippen molar-refractivity contribution in [1.82, 2.24) is 0 Å². The van der Waals surface area contributed by atoms with Crippen LogP contribution < -0.4 is 20.1 Å². The fourth-order valence-electron chi connectivity index (χ4n) is 3.78. The van der Waals surface area contributed by atoms with Gasteiger partial charge in [-0.05, 0) is 110 Å². The maximum absolute atomic E-state index is 12.0. The van der Waals surface area contributed by atoms with E-state index in [1.165, 1.54) is 62.8 Å². The van der Waals surface area contributed by atoms with Gasteiger partial charge in [-0.25, -0.2) is 9.59 Å². The number of carbonyl (C=O) groups excluding carboxylic acids is 2. The Labute approximate surface area is 362 Å². The van der Waals surface area contributed by atoms with E-state index in [-0.39, 0.29) is 23.0 Å². The quantitative estimate of drug-likeness (QED) is 0.105. The van der Waals surface area contributed by atoms with Gasteiger partial charge in [0, 0.05) is 11.4 Å². The van der Waals surface area contributed by atoms with Crippen LogP contribution >= 0.6 is 0 Å². The summed E-state index contributed by atoms with van der Waals surface area (Å²) >= 11 is 0. The van der Waals surface area contributed by atoms with Gasteiger partial charge in [-0.3, -0.25) is 19.0 Å². The number of amides is 2. The monoisotopic (exact) mass is 890 g/mol. The Kier molecular flexibility index (Phi) is 27.2. The number of benzene rings is 4. The Morgan fingerprint density at radius 1 is 0.516 bits per heavy atom. The van der Waals surface area contributed by atoms with E-state index in [0.717, 1.165) is 11.4 Å². The second-order valence-electron chi connectivity index (χ2n) is 10.7. The maximum atomic E-state index is 12.0. The summed E-state index contributed by atoms with van der Waals surface area (Å²) in [6, 6.07) is 29.7. The molecule has 18 heteroatoms. The van der Waals surface area contributed by atoms with E-state index in [4.69, 9.17) is 37.5 Å². The first-order chi connectivity index (χ1) is 29.8. The third kappa shape index (κ3) is 24.2. The first-order valence-corrected chi connectivity index (χ1v) is 20.8. The Hall–Kier alpha value is -7.00. The standard InChI is InChI=1S/C20H18O8S2.2C9H11NO2.C6H6O2/c1-25-17-7-11-19(12-8-17)29(21,22)27-15-5-3-4-6-16-28-30(23,24)20-13-9-18(26-2)10-14-20;2*1-2-12-9(11)10-8-6-4-3-5-7-8;7-5-3-1-2-4-6-8/h7-14H,15-16H2,1-2H3;2*3-7H,2H2,1H3,(H,10,11);7-8H,5-6H2. The third-order valence-electron chi connectivity index (χ3n) is 6.50. The van der Waals surface area contributed by atoms with Gasteiger partial charge in [0.15, 0.2) is 0 Å². The Morgan fingerprint density at radius 2 is 0.839 bits per heavy atom. The number of hydrogen-bond donors (Lipinski definition) is 4. The van der Waals surface area contributed by atoms with Crippen molar-refractivity contribution in [1.29, 1.82) is 0 Å². The van der Waals surface area contributed by atoms with Gasteiger partial charge in [-0.2, -0.15) is 16.8 Å². The summed E-state index contributed by atoms with van der Waals surface area (Å²) in [5.41, 5.74) is 1.49. The van der Waals surface area contributed by atoms with E-state index in [1.54, 1.807) is 38.1 Å².